The quantitative estimate of drug-likeness (QED) is 0.456. The van der Waals surface area contributed by atoms with Crippen LogP contribution in [0.2, 0.25) is 18.1 Å². The van der Waals surface area contributed by atoms with Crippen LogP contribution in [0, 0.1) is 11.8 Å². The molecule has 0 aromatic carbocycles. The maximum atomic E-state index is 12.1. The van der Waals surface area contributed by atoms with Gasteiger partial charge in [0.25, 0.3) is 0 Å². The van der Waals surface area contributed by atoms with Crippen LogP contribution in [-0.2, 0) is 18.7 Å². The SMILES string of the molecule is CO[C@H]1OC(=O)[C@H]2[C@@H]1CC=C[C@H]2O[Si](C)(C)C(C)(C)C. The predicted octanol–water partition coefficient (Wildman–Crippen LogP) is 3.10. The maximum absolute atomic E-state index is 12.1. The summed E-state index contributed by atoms with van der Waals surface area (Å²) in [5, 5.41) is 0.122. The van der Waals surface area contributed by atoms with Crippen molar-refractivity contribution in [3.8, 4) is 0 Å². The first kappa shape index (κ1) is 15.7. The first-order chi connectivity index (χ1) is 9.17. The molecule has 4 nitrogen and oxygen atoms in total. The number of hydrogen-bond donors (Lipinski definition) is 0. The summed E-state index contributed by atoms with van der Waals surface area (Å²) in [7, 11) is -0.328. The summed E-state index contributed by atoms with van der Waals surface area (Å²) in [4.78, 5) is 12.1. The number of hydrogen-bond acceptors (Lipinski definition) is 4. The van der Waals surface area contributed by atoms with Crippen LogP contribution in [-0.4, -0.2) is 33.8 Å². The van der Waals surface area contributed by atoms with E-state index in [-0.39, 0.29) is 28.9 Å². The molecule has 1 heterocycles. The minimum Gasteiger partial charge on any atom is -0.435 e. The molecule has 1 aliphatic heterocycles. The second kappa shape index (κ2) is 5.28. The zero-order valence-corrected chi connectivity index (χ0v) is 14.3. The number of carbonyl (C=O) groups is 1. The summed E-state index contributed by atoms with van der Waals surface area (Å²) in [6, 6.07) is 0. The van der Waals surface area contributed by atoms with Gasteiger partial charge in [-0.05, 0) is 24.6 Å². The van der Waals surface area contributed by atoms with Crippen LogP contribution in [0.15, 0.2) is 12.2 Å². The lowest BCUT2D eigenvalue weighted by atomic mass is 9.82. The summed E-state index contributed by atoms with van der Waals surface area (Å²) < 4.78 is 17.0. The summed E-state index contributed by atoms with van der Waals surface area (Å²) >= 11 is 0. The number of allylic oxidation sites excluding steroid dienone is 1. The molecule has 1 aliphatic carbocycles. The van der Waals surface area contributed by atoms with Gasteiger partial charge in [0.15, 0.2) is 8.32 Å². The second-order valence-electron chi connectivity index (χ2n) is 7.24. The molecule has 0 aromatic rings. The Morgan fingerprint density at radius 3 is 2.55 bits per heavy atom. The van der Waals surface area contributed by atoms with Gasteiger partial charge in [-0.1, -0.05) is 32.9 Å². The van der Waals surface area contributed by atoms with E-state index in [1.165, 1.54) is 0 Å². The van der Waals surface area contributed by atoms with E-state index in [4.69, 9.17) is 13.9 Å². The molecule has 0 radical (unpaired) electrons. The van der Waals surface area contributed by atoms with Crippen molar-refractivity contribution in [1.29, 1.82) is 0 Å². The average molecular weight is 298 g/mol. The van der Waals surface area contributed by atoms with Gasteiger partial charge in [-0.2, -0.15) is 0 Å². The van der Waals surface area contributed by atoms with Crippen molar-refractivity contribution in [1.82, 2.24) is 0 Å². The topological polar surface area (TPSA) is 44.8 Å². The zero-order valence-electron chi connectivity index (χ0n) is 13.3. The third-order valence-corrected chi connectivity index (χ3v) is 9.35. The lowest BCUT2D eigenvalue weighted by molar-refractivity contribution is -0.162. The molecular weight excluding hydrogens is 272 g/mol. The summed E-state index contributed by atoms with van der Waals surface area (Å²) in [6.45, 7) is 11.0. The van der Waals surface area contributed by atoms with Gasteiger partial charge in [-0.15, -0.1) is 0 Å². The molecule has 2 rings (SSSR count). The van der Waals surface area contributed by atoms with Crippen molar-refractivity contribution in [2.24, 2.45) is 11.8 Å². The minimum atomic E-state index is -1.91. The van der Waals surface area contributed by atoms with Crippen molar-refractivity contribution in [3.63, 3.8) is 0 Å². The van der Waals surface area contributed by atoms with E-state index in [0.29, 0.717) is 0 Å². The Morgan fingerprint density at radius 2 is 2.00 bits per heavy atom. The molecule has 0 saturated carbocycles. The Balaban J connectivity index is 2.19. The highest BCUT2D eigenvalue weighted by atomic mass is 28.4. The van der Waals surface area contributed by atoms with Crippen molar-refractivity contribution in [2.75, 3.05) is 7.11 Å². The molecule has 0 N–H and O–H groups in total. The highest BCUT2D eigenvalue weighted by Crippen LogP contribution is 2.43. The number of cyclic esters (lactones) is 1. The normalized spacial score (nSPS) is 34.0. The molecule has 1 fully saturated rings. The molecule has 0 amide bonds. The maximum Gasteiger partial charge on any atom is 0.314 e. The van der Waals surface area contributed by atoms with E-state index in [1.54, 1.807) is 7.11 Å². The van der Waals surface area contributed by atoms with Gasteiger partial charge >= 0.3 is 5.97 Å². The van der Waals surface area contributed by atoms with Crippen LogP contribution < -0.4 is 0 Å². The molecular formula is C15H26O4Si. The van der Waals surface area contributed by atoms with E-state index < -0.39 is 14.6 Å². The fourth-order valence-electron chi connectivity index (χ4n) is 2.60. The lowest BCUT2D eigenvalue weighted by Gasteiger charge is -2.41. The zero-order chi connectivity index (χ0) is 15.1. The molecule has 114 valence electrons. The van der Waals surface area contributed by atoms with E-state index in [1.807, 2.05) is 6.08 Å². The average Bonchev–Trinajstić information content (AvgIpc) is 2.65. The van der Waals surface area contributed by atoms with Gasteiger partial charge in [0, 0.05) is 13.0 Å². The van der Waals surface area contributed by atoms with Crippen molar-refractivity contribution < 1.29 is 18.7 Å². The Bertz CT molecular complexity index is 411. The van der Waals surface area contributed by atoms with Gasteiger partial charge in [0.05, 0.1) is 12.0 Å². The number of methoxy groups -OCH3 is 1. The second-order valence-corrected chi connectivity index (χ2v) is 12.0. The van der Waals surface area contributed by atoms with Crippen LogP contribution in [0.4, 0.5) is 0 Å². The van der Waals surface area contributed by atoms with Gasteiger partial charge in [0.1, 0.15) is 0 Å². The van der Waals surface area contributed by atoms with E-state index >= 15 is 0 Å². The third kappa shape index (κ3) is 2.71. The molecule has 0 aromatic heterocycles. The molecule has 20 heavy (non-hydrogen) atoms. The van der Waals surface area contributed by atoms with E-state index in [2.05, 4.69) is 39.9 Å². The number of fused-ring (bicyclic) bond motifs is 1. The molecule has 0 unspecified atom stereocenters. The Morgan fingerprint density at radius 1 is 1.35 bits per heavy atom. The van der Waals surface area contributed by atoms with Crippen LogP contribution in [0.3, 0.4) is 0 Å². The first-order valence-corrected chi connectivity index (χ1v) is 10.2. The lowest BCUT2D eigenvalue weighted by Crippen LogP contribution is -2.47. The summed E-state index contributed by atoms with van der Waals surface area (Å²) in [5.74, 6) is -0.332. The smallest absolute Gasteiger partial charge is 0.314 e. The standard InChI is InChI=1S/C15H26O4Si/c1-15(2,3)20(5,6)19-11-9-7-8-10-12(11)13(16)18-14(10)17-4/h7,9-12,14H,8H2,1-6H3/t10-,11+,12-,14-/m0/s1. The number of esters is 1. The minimum absolute atomic E-state index is 0.0762. The van der Waals surface area contributed by atoms with Gasteiger partial charge in [0.2, 0.25) is 6.29 Å². The summed E-state index contributed by atoms with van der Waals surface area (Å²) in [5.41, 5.74) is 0. The van der Waals surface area contributed by atoms with Crippen LogP contribution in [0.25, 0.3) is 0 Å². The monoisotopic (exact) mass is 298 g/mol. The fourth-order valence-corrected chi connectivity index (χ4v) is 3.86. The van der Waals surface area contributed by atoms with Crippen LogP contribution in [0.5, 0.6) is 0 Å². The molecule has 0 bridgehead atoms. The van der Waals surface area contributed by atoms with Gasteiger partial charge in [-0.25, -0.2) is 0 Å². The molecule has 5 heteroatoms. The largest absolute Gasteiger partial charge is 0.435 e. The van der Waals surface area contributed by atoms with Crippen LogP contribution in [0.1, 0.15) is 27.2 Å². The van der Waals surface area contributed by atoms with Crippen molar-refractivity contribution >= 4 is 14.3 Å². The molecule has 0 spiro atoms. The first-order valence-electron chi connectivity index (χ1n) is 7.25. The number of ether oxygens (including phenoxy) is 2. The molecule has 2 aliphatic rings. The highest BCUT2D eigenvalue weighted by Gasteiger charge is 2.51. The van der Waals surface area contributed by atoms with Crippen molar-refractivity contribution in [3.05, 3.63) is 12.2 Å². The Kier molecular flexibility index (Phi) is 4.15. The van der Waals surface area contributed by atoms with Gasteiger partial charge in [-0.3, -0.25) is 4.79 Å². The molecule has 1 saturated heterocycles. The third-order valence-electron chi connectivity index (χ3n) is 4.87. The van der Waals surface area contributed by atoms with E-state index in [9.17, 15) is 4.79 Å². The number of carbonyl (C=O) groups excluding carboxylic acids is 1. The predicted molar refractivity (Wildman–Crippen MR) is 79.7 cm³/mol. The fraction of sp³-hybridized carbons (Fsp3) is 0.800. The van der Waals surface area contributed by atoms with Crippen molar-refractivity contribution in [2.45, 2.75) is 57.7 Å². The van der Waals surface area contributed by atoms with Gasteiger partial charge < -0.3 is 13.9 Å². The Hall–Kier alpha value is -0.653. The summed E-state index contributed by atoms with van der Waals surface area (Å²) in [6.07, 6.45) is 4.32. The Labute approximate surface area is 122 Å². The van der Waals surface area contributed by atoms with Crippen LogP contribution >= 0.6 is 0 Å². The number of rotatable bonds is 3. The highest BCUT2D eigenvalue weighted by molar-refractivity contribution is 6.74. The molecule has 4 atom stereocenters. The van der Waals surface area contributed by atoms with E-state index in [0.717, 1.165) is 6.42 Å².